The van der Waals surface area contributed by atoms with Crippen molar-refractivity contribution in [1.29, 1.82) is 0 Å². The predicted molar refractivity (Wildman–Crippen MR) is 123 cm³/mol. The minimum absolute atomic E-state index is 0.0615. The molecule has 0 heterocycles. The van der Waals surface area contributed by atoms with E-state index in [1.165, 1.54) is 44.8 Å². The normalized spacial score (nSPS) is 18.3. The molecule has 0 aromatic heterocycles. The highest BCUT2D eigenvalue weighted by Crippen LogP contribution is 2.35. The molecule has 3 heteroatoms. The smallest absolute Gasteiger partial charge is 0.169 e. The minimum atomic E-state index is -0.321. The maximum Gasteiger partial charge on any atom is 0.169 e. The average molecular weight is 461 g/mol. The molecule has 2 aliphatic rings. The Morgan fingerprint density at radius 3 is 2.50 bits per heavy atom. The highest BCUT2D eigenvalue weighted by atomic mass is 79.9. The number of carbonyl (C=O) groups is 1. The lowest BCUT2D eigenvalue weighted by Gasteiger charge is -2.34. The first-order valence-electron chi connectivity index (χ1n) is 10.3. The second-order valence-electron chi connectivity index (χ2n) is 8.93. The summed E-state index contributed by atoms with van der Waals surface area (Å²) >= 11 is 3.57. The van der Waals surface area contributed by atoms with Crippen molar-refractivity contribution in [3.05, 3.63) is 92.0 Å². The number of Topliss-reactive ketones (excluding diaryl/α,β-unsaturated/α-hetero) is 1. The summed E-state index contributed by atoms with van der Waals surface area (Å²) in [7, 11) is 0. The molecule has 0 radical (unpaired) electrons. The number of carbonyl (C=O) groups excluding carboxylic acids is 1. The molecule has 1 unspecified atom stereocenters. The Labute approximate surface area is 184 Å². The molecule has 0 bridgehead atoms. The highest BCUT2D eigenvalue weighted by Gasteiger charge is 2.33. The molecular formula is C27H22BrFO. The lowest BCUT2D eigenvalue weighted by Crippen LogP contribution is -2.43. The summed E-state index contributed by atoms with van der Waals surface area (Å²) < 4.78 is 14.4. The van der Waals surface area contributed by atoms with E-state index in [1.54, 1.807) is 12.1 Å². The van der Waals surface area contributed by atoms with E-state index < -0.39 is 0 Å². The van der Waals surface area contributed by atoms with Gasteiger partial charge < -0.3 is 0 Å². The van der Waals surface area contributed by atoms with Crippen LogP contribution in [0.1, 0.15) is 41.8 Å². The molecule has 0 amide bonds. The first kappa shape index (κ1) is 19.4. The van der Waals surface area contributed by atoms with E-state index in [2.05, 4.69) is 72.3 Å². The fraction of sp³-hybridized carbons (Fsp3) is 0.222. The van der Waals surface area contributed by atoms with Crippen LogP contribution >= 0.6 is 15.9 Å². The molecule has 0 saturated carbocycles. The molecule has 0 aliphatic heterocycles. The number of hydrogen-bond acceptors (Lipinski definition) is 1. The number of fused-ring (bicyclic) bond motifs is 5. The molecular weight excluding hydrogens is 439 g/mol. The van der Waals surface area contributed by atoms with Gasteiger partial charge in [0.25, 0.3) is 0 Å². The minimum Gasteiger partial charge on any atom is -0.294 e. The van der Waals surface area contributed by atoms with E-state index in [1.807, 2.05) is 0 Å². The summed E-state index contributed by atoms with van der Waals surface area (Å²) in [5.41, 5.74) is 5.54. The fourth-order valence-electron chi connectivity index (χ4n) is 4.98. The average Bonchev–Trinajstić information content (AvgIpc) is 2.72. The van der Waals surface area contributed by atoms with Gasteiger partial charge in [-0.3, -0.25) is 4.79 Å². The van der Waals surface area contributed by atoms with Gasteiger partial charge in [0.05, 0.1) is 0 Å². The van der Waals surface area contributed by atoms with E-state index in [-0.39, 0.29) is 22.9 Å². The van der Waals surface area contributed by atoms with E-state index in [9.17, 15) is 9.18 Å². The van der Waals surface area contributed by atoms with Crippen LogP contribution in [0, 0.1) is 11.7 Å². The van der Waals surface area contributed by atoms with Gasteiger partial charge in [-0.2, -0.15) is 0 Å². The van der Waals surface area contributed by atoms with Gasteiger partial charge >= 0.3 is 0 Å². The Hall–Kier alpha value is -2.52. The van der Waals surface area contributed by atoms with Crippen LogP contribution in [0.3, 0.4) is 0 Å². The summed E-state index contributed by atoms with van der Waals surface area (Å²) in [6, 6.07) is 16.8. The molecule has 150 valence electrons. The highest BCUT2D eigenvalue weighted by molar-refractivity contribution is 9.10. The first-order chi connectivity index (χ1) is 14.3. The zero-order chi connectivity index (χ0) is 21.0. The Morgan fingerprint density at radius 1 is 1.00 bits per heavy atom. The van der Waals surface area contributed by atoms with Crippen molar-refractivity contribution in [2.24, 2.45) is 5.92 Å². The number of rotatable bonds is 2. The summed E-state index contributed by atoms with van der Waals surface area (Å²) in [6.07, 6.45) is 6.06. The molecule has 5 rings (SSSR count). The van der Waals surface area contributed by atoms with Crippen LogP contribution < -0.4 is 10.4 Å². The predicted octanol–water partition coefficient (Wildman–Crippen LogP) is 5.55. The second-order valence-corrected chi connectivity index (χ2v) is 9.85. The van der Waals surface area contributed by atoms with Crippen molar-refractivity contribution in [2.75, 3.05) is 0 Å². The van der Waals surface area contributed by atoms with Crippen molar-refractivity contribution in [2.45, 2.75) is 32.1 Å². The molecule has 0 fully saturated rings. The molecule has 30 heavy (non-hydrogen) atoms. The molecule has 0 N–H and O–H groups in total. The molecule has 1 nitrogen and oxygen atoms in total. The van der Waals surface area contributed by atoms with Crippen molar-refractivity contribution < 1.29 is 9.18 Å². The Kier molecular flexibility index (Phi) is 4.55. The Balaban J connectivity index is 1.69. The quantitative estimate of drug-likeness (QED) is 0.458. The number of hydrogen-bond donors (Lipinski definition) is 0. The molecule has 3 aromatic rings. The van der Waals surface area contributed by atoms with Crippen molar-refractivity contribution >= 4 is 33.9 Å². The summed E-state index contributed by atoms with van der Waals surface area (Å²) in [6.45, 7) is 4.42. The van der Waals surface area contributed by atoms with Gasteiger partial charge in [0.15, 0.2) is 5.78 Å². The van der Waals surface area contributed by atoms with E-state index in [0.29, 0.717) is 5.56 Å². The van der Waals surface area contributed by atoms with Crippen molar-refractivity contribution in [3.8, 4) is 11.1 Å². The van der Waals surface area contributed by atoms with Crippen LogP contribution in [-0.4, -0.2) is 5.78 Å². The van der Waals surface area contributed by atoms with Crippen molar-refractivity contribution in [3.63, 3.8) is 0 Å². The van der Waals surface area contributed by atoms with E-state index >= 15 is 0 Å². The SMILES string of the molecule is CC1(C)CC(C(=O)c2ccc(F)cc2)C=c2c1ccc1c2=CCc2cc(Br)ccc2-1. The maximum atomic E-state index is 13.3. The van der Waals surface area contributed by atoms with Gasteiger partial charge in [0.1, 0.15) is 5.82 Å². The first-order valence-corrected chi connectivity index (χ1v) is 11.1. The largest absolute Gasteiger partial charge is 0.294 e. The molecule has 1 atom stereocenters. The van der Waals surface area contributed by atoms with Gasteiger partial charge in [-0.25, -0.2) is 4.39 Å². The molecule has 2 aliphatic carbocycles. The van der Waals surface area contributed by atoms with Crippen LogP contribution in [0.25, 0.3) is 23.3 Å². The standard InChI is InChI=1S/C27H22BrFO/c1-27(2)15-18(26(30)16-3-7-20(29)8-4-16)14-24-23-9-5-17-13-19(28)6-10-21(17)22(23)11-12-25(24)27/h3-4,6-14,18H,5,15H2,1-2H3. The Bertz CT molecular complexity index is 1300. The van der Waals surface area contributed by atoms with Crippen LogP contribution in [0.2, 0.25) is 0 Å². The number of halogens is 2. The summed E-state index contributed by atoms with van der Waals surface area (Å²) in [4.78, 5) is 13.2. The van der Waals surface area contributed by atoms with Gasteiger partial charge in [0.2, 0.25) is 0 Å². The molecule has 0 saturated heterocycles. The number of benzene rings is 3. The lowest BCUT2D eigenvalue weighted by molar-refractivity contribution is 0.0933. The van der Waals surface area contributed by atoms with Crippen LogP contribution in [0.5, 0.6) is 0 Å². The zero-order valence-electron chi connectivity index (χ0n) is 17.0. The summed E-state index contributed by atoms with van der Waals surface area (Å²) in [5, 5.41) is 2.41. The van der Waals surface area contributed by atoms with Gasteiger partial charge in [-0.15, -0.1) is 0 Å². The third kappa shape index (κ3) is 3.16. The zero-order valence-corrected chi connectivity index (χ0v) is 18.6. The van der Waals surface area contributed by atoms with E-state index in [4.69, 9.17) is 0 Å². The summed E-state index contributed by atoms with van der Waals surface area (Å²) in [5.74, 6) is -0.477. The van der Waals surface area contributed by atoms with E-state index in [0.717, 1.165) is 17.3 Å². The van der Waals surface area contributed by atoms with Crippen LogP contribution in [-0.2, 0) is 11.8 Å². The molecule has 0 spiro atoms. The maximum absolute atomic E-state index is 13.3. The fourth-order valence-corrected chi connectivity index (χ4v) is 5.39. The van der Waals surface area contributed by atoms with Crippen LogP contribution in [0.15, 0.2) is 59.1 Å². The lowest BCUT2D eigenvalue weighted by atomic mass is 9.69. The monoisotopic (exact) mass is 460 g/mol. The van der Waals surface area contributed by atoms with Gasteiger partial charge in [0, 0.05) is 16.0 Å². The van der Waals surface area contributed by atoms with Crippen molar-refractivity contribution in [1.82, 2.24) is 0 Å². The molecule has 3 aromatic carbocycles. The van der Waals surface area contributed by atoms with Gasteiger partial charge in [-0.05, 0) is 87.3 Å². The van der Waals surface area contributed by atoms with Crippen LogP contribution in [0.4, 0.5) is 4.39 Å². The second kappa shape index (κ2) is 7.02. The third-order valence-electron chi connectivity index (χ3n) is 6.46. The topological polar surface area (TPSA) is 17.1 Å². The Morgan fingerprint density at radius 2 is 1.73 bits per heavy atom. The van der Waals surface area contributed by atoms with Gasteiger partial charge in [-0.1, -0.05) is 60.1 Å². The third-order valence-corrected chi connectivity index (χ3v) is 6.96. The number of ketones is 1.